The number of anilines is 1. The number of ether oxygens (including phenoxy) is 3. The van der Waals surface area contributed by atoms with Gasteiger partial charge in [0, 0.05) is 24.5 Å². The Hall–Kier alpha value is -4.12. The molecule has 1 heterocycles. The van der Waals surface area contributed by atoms with Crippen LogP contribution in [0.25, 0.3) is 6.08 Å². The average molecular weight is 457 g/mol. The summed E-state index contributed by atoms with van der Waals surface area (Å²) in [6, 6.07) is 9.00. The molecule has 32 heavy (non-hydrogen) atoms. The zero-order valence-corrected chi connectivity index (χ0v) is 17.9. The van der Waals surface area contributed by atoms with Crippen molar-refractivity contribution in [2.75, 3.05) is 18.9 Å². The maximum Gasteiger partial charge on any atom is 0.328 e. The number of sulfonamides is 1. The topological polar surface area (TPSA) is 137 Å². The van der Waals surface area contributed by atoms with Gasteiger partial charge in [-0.2, -0.15) is 0 Å². The number of carbonyl (C=O) groups is 1. The van der Waals surface area contributed by atoms with Crippen LogP contribution in [0.4, 0.5) is 5.69 Å². The maximum atomic E-state index is 13.2. The molecule has 0 unspecified atom stereocenters. The van der Waals surface area contributed by atoms with Gasteiger partial charge in [0.05, 0.1) is 26.1 Å². The van der Waals surface area contributed by atoms with Gasteiger partial charge in [-0.25, -0.2) is 18.2 Å². The third-order valence-electron chi connectivity index (χ3n) is 4.02. The third kappa shape index (κ3) is 5.52. The molecule has 0 saturated carbocycles. The monoisotopic (exact) mass is 457 g/mol. The van der Waals surface area contributed by atoms with Gasteiger partial charge < -0.3 is 19.3 Å². The number of carboxylic acids is 1. The number of hydrogen-bond donors (Lipinski definition) is 2. The average Bonchev–Trinajstić information content (AvgIpc) is 2.77. The summed E-state index contributed by atoms with van der Waals surface area (Å²) in [6.45, 7) is 0. The summed E-state index contributed by atoms with van der Waals surface area (Å²) < 4.78 is 44.8. The fourth-order valence-electron chi connectivity index (χ4n) is 2.71. The molecule has 0 radical (unpaired) electrons. The van der Waals surface area contributed by atoms with Crippen molar-refractivity contribution in [3.05, 3.63) is 66.6 Å². The smallest absolute Gasteiger partial charge is 0.328 e. The molecule has 0 atom stereocenters. The molecule has 11 heteroatoms. The highest BCUT2D eigenvalue weighted by molar-refractivity contribution is 7.92. The molecule has 10 nitrogen and oxygen atoms in total. The Bertz CT molecular complexity index is 1250. The Kier molecular flexibility index (Phi) is 6.90. The van der Waals surface area contributed by atoms with Crippen molar-refractivity contribution in [1.29, 1.82) is 0 Å². The summed E-state index contributed by atoms with van der Waals surface area (Å²) in [7, 11) is -1.51. The number of methoxy groups -OCH3 is 2. The standard InChI is InChI=1S/C21H19N3O7S/c1-29-17-10-14(6-7-20(25)26)11-18(21(17)30-2)32(27,28)24-15-4-3-5-16(12-15)31-19-13-22-8-9-23-19/h3-13,24H,1-2H3,(H,25,26)/b7-6+. The van der Waals surface area contributed by atoms with E-state index in [1.54, 1.807) is 18.2 Å². The highest BCUT2D eigenvalue weighted by Gasteiger charge is 2.24. The minimum atomic E-state index is -4.16. The van der Waals surface area contributed by atoms with Crippen LogP contribution in [0.2, 0.25) is 0 Å². The van der Waals surface area contributed by atoms with Gasteiger partial charge >= 0.3 is 5.97 Å². The van der Waals surface area contributed by atoms with Crippen molar-refractivity contribution >= 4 is 27.8 Å². The van der Waals surface area contributed by atoms with E-state index in [0.29, 0.717) is 11.3 Å². The van der Waals surface area contributed by atoms with Crippen LogP contribution in [0.5, 0.6) is 23.1 Å². The third-order valence-corrected chi connectivity index (χ3v) is 5.41. The molecule has 2 aromatic carbocycles. The van der Waals surface area contributed by atoms with Gasteiger partial charge in [0.2, 0.25) is 5.88 Å². The van der Waals surface area contributed by atoms with E-state index >= 15 is 0 Å². The van der Waals surface area contributed by atoms with Crippen molar-refractivity contribution in [2.24, 2.45) is 0 Å². The lowest BCUT2D eigenvalue weighted by Gasteiger charge is -2.16. The van der Waals surface area contributed by atoms with Gasteiger partial charge in [-0.15, -0.1) is 0 Å². The van der Waals surface area contributed by atoms with E-state index in [9.17, 15) is 13.2 Å². The summed E-state index contributed by atoms with van der Waals surface area (Å²) in [5.41, 5.74) is 0.518. The Morgan fingerprint density at radius 3 is 2.59 bits per heavy atom. The van der Waals surface area contributed by atoms with E-state index in [-0.39, 0.29) is 28.0 Å². The molecule has 0 aliphatic heterocycles. The van der Waals surface area contributed by atoms with Crippen LogP contribution >= 0.6 is 0 Å². The maximum absolute atomic E-state index is 13.2. The Morgan fingerprint density at radius 1 is 1.12 bits per heavy atom. The van der Waals surface area contributed by atoms with Gasteiger partial charge in [0.15, 0.2) is 11.5 Å². The summed E-state index contributed by atoms with van der Waals surface area (Å²) in [5, 5.41) is 8.86. The number of nitrogens with one attached hydrogen (secondary N) is 1. The second-order valence-corrected chi connectivity index (χ2v) is 7.86. The lowest BCUT2D eigenvalue weighted by Crippen LogP contribution is -2.15. The van der Waals surface area contributed by atoms with Crippen LogP contribution < -0.4 is 18.9 Å². The Balaban J connectivity index is 1.96. The van der Waals surface area contributed by atoms with E-state index in [2.05, 4.69) is 14.7 Å². The molecule has 0 aliphatic carbocycles. The Morgan fingerprint density at radius 2 is 1.94 bits per heavy atom. The summed E-state index contributed by atoms with van der Waals surface area (Å²) in [4.78, 5) is 18.5. The lowest BCUT2D eigenvalue weighted by atomic mass is 10.2. The number of benzene rings is 2. The molecule has 166 valence electrons. The molecule has 0 saturated heterocycles. The molecule has 0 fully saturated rings. The van der Waals surface area contributed by atoms with Crippen molar-refractivity contribution in [2.45, 2.75) is 4.90 Å². The molecule has 3 rings (SSSR count). The summed E-state index contributed by atoms with van der Waals surface area (Å²) in [5.74, 6) is -0.493. The minimum Gasteiger partial charge on any atom is -0.493 e. The summed E-state index contributed by atoms with van der Waals surface area (Å²) >= 11 is 0. The van der Waals surface area contributed by atoms with Crippen LogP contribution in [-0.4, -0.2) is 43.7 Å². The van der Waals surface area contributed by atoms with E-state index in [4.69, 9.17) is 19.3 Å². The quantitative estimate of drug-likeness (QED) is 0.464. The fourth-order valence-corrected chi connectivity index (χ4v) is 3.97. The number of hydrogen-bond acceptors (Lipinski definition) is 8. The number of aliphatic carboxylic acids is 1. The first-order valence-corrected chi connectivity index (χ1v) is 10.5. The second kappa shape index (κ2) is 9.79. The fraction of sp³-hybridized carbons (Fsp3) is 0.0952. The van der Waals surface area contributed by atoms with Gasteiger partial charge in [0.1, 0.15) is 10.6 Å². The molecule has 1 aromatic heterocycles. The van der Waals surface area contributed by atoms with E-state index in [1.807, 2.05) is 0 Å². The van der Waals surface area contributed by atoms with Crippen LogP contribution in [0.1, 0.15) is 5.56 Å². The predicted molar refractivity (Wildman–Crippen MR) is 116 cm³/mol. The van der Waals surface area contributed by atoms with Crippen molar-refractivity contribution in [3.63, 3.8) is 0 Å². The number of rotatable bonds is 9. The highest BCUT2D eigenvalue weighted by Crippen LogP contribution is 2.37. The predicted octanol–water partition coefficient (Wildman–Crippen LogP) is 3.18. The summed E-state index contributed by atoms with van der Waals surface area (Å²) in [6.07, 6.45) is 6.52. The second-order valence-electron chi connectivity index (χ2n) is 6.21. The normalized spacial score (nSPS) is 11.2. The van der Waals surface area contributed by atoms with E-state index < -0.39 is 16.0 Å². The molecule has 3 aromatic rings. The van der Waals surface area contributed by atoms with Crippen LogP contribution in [0.15, 0.2) is 66.0 Å². The van der Waals surface area contributed by atoms with Crippen molar-refractivity contribution in [3.8, 4) is 23.1 Å². The van der Waals surface area contributed by atoms with Gasteiger partial charge in [0.25, 0.3) is 10.0 Å². The van der Waals surface area contributed by atoms with Crippen molar-refractivity contribution < 1.29 is 32.5 Å². The van der Waals surface area contributed by atoms with Crippen molar-refractivity contribution in [1.82, 2.24) is 9.97 Å². The van der Waals surface area contributed by atoms with Crippen LogP contribution in [0, 0.1) is 0 Å². The van der Waals surface area contributed by atoms with E-state index in [1.165, 1.54) is 57.1 Å². The van der Waals surface area contributed by atoms with E-state index in [0.717, 1.165) is 6.08 Å². The zero-order valence-electron chi connectivity index (χ0n) is 17.1. The highest BCUT2D eigenvalue weighted by atomic mass is 32.2. The molecular formula is C21H19N3O7S. The first kappa shape index (κ1) is 22.6. The minimum absolute atomic E-state index is 0.0283. The molecule has 0 aliphatic rings. The SMILES string of the molecule is COc1cc(/C=C/C(=O)O)cc(S(=O)(=O)Nc2cccc(Oc3cnccn3)c2)c1OC. The molecular weight excluding hydrogens is 438 g/mol. The number of nitrogens with zero attached hydrogens (tertiary/aromatic N) is 2. The lowest BCUT2D eigenvalue weighted by molar-refractivity contribution is -0.131. The molecule has 0 spiro atoms. The first-order valence-electron chi connectivity index (χ1n) is 9.06. The van der Waals surface area contributed by atoms with Crippen LogP contribution in [-0.2, 0) is 14.8 Å². The number of aromatic nitrogens is 2. The number of carboxylic acid groups (broad SMARTS) is 1. The van der Waals surface area contributed by atoms with Gasteiger partial charge in [-0.1, -0.05) is 6.07 Å². The zero-order chi connectivity index (χ0) is 23.1. The first-order chi connectivity index (χ1) is 15.3. The largest absolute Gasteiger partial charge is 0.493 e. The van der Waals surface area contributed by atoms with Gasteiger partial charge in [-0.3, -0.25) is 9.71 Å². The Labute approximate surface area is 184 Å². The molecule has 0 bridgehead atoms. The van der Waals surface area contributed by atoms with Gasteiger partial charge in [-0.05, 0) is 35.9 Å². The van der Waals surface area contributed by atoms with Crippen LogP contribution in [0.3, 0.4) is 0 Å². The molecule has 0 amide bonds. The molecule has 2 N–H and O–H groups in total.